The smallest absolute Gasteiger partial charge is 0.191 e. The molecule has 0 amide bonds. The van der Waals surface area contributed by atoms with Gasteiger partial charge in [-0.25, -0.2) is 0 Å². The Kier molecular flexibility index (Phi) is 7.77. The molecule has 0 radical (unpaired) electrons. The molecule has 7 heteroatoms. The van der Waals surface area contributed by atoms with E-state index in [4.69, 9.17) is 4.74 Å². The monoisotopic (exact) mass is 464 g/mol. The summed E-state index contributed by atoms with van der Waals surface area (Å²) >= 11 is 1.89. The lowest BCUT2D eigenvalue weighted by Crippen LogP contribution is -2.47. The van der Waals surface area contributed by atoms with Crippen LogP contribution in [0.5, 0.6) is 0 Å². The van der Waals surface area contributed by atoms with Crippen molar-refractivity contribution in [3.05, 3.63) is 21.9 Å². The predicted octanol–water partition coefficient (Wildman–Crippen LogP) is 2.46. The Morgan fingerprint density at radius 1 is 1.46 bits per heavy atom. The first-order valence-corrected chi connectivity index (χ1v) is 9.43. The third-order valence-corrected chi connectivity index (χ3v) is 5.78. The summed E-state index contributed by atoms with van der Waals surface area (Å²) in [7, 11) is 1.83. The number of hydrogen-bond donors (Lipinski definition) is 2. The molecular weight excluding hydrogens is 435 g/mol. The van der Waals surface area contributed by atoms with Gasteiger partial charge in [0, 0.05) is 51.3 Å². The molecule has 0 saturated carbocycles. The molecular formula is C17H29IN4OS. The van der Waals surface area contributed by atoms with Crippen LogP contribution in [0.15, 0.2) is 16.4 Å². The van der Waals surface area contributed by atoms with Crippen molar-refractivity contribution in [2.24, 2.45) is 4.99 Å². The van der Waals surface area contributed by atoms with E-state index in [1.165, 1.54) is 12.0 Å². The van der Waals surface area contributed by atoms with Crippen LogP contribution in [0.3, 0.4) is 0 Å². The number of ether oxygens (including phenoxy) is 1. The van der Waals surface area contributed by atoms with Crippen LogP contribution in [0.25, 0.3) is 0 Å². The fourth-order valence-corrected chi connectivity index (χ4v) is 4.19. The highest BCUT2D eigenvalue weighted by Gasteiger charge is 2.29. The number of halogens is 1. The van der Waals surface area contributed by atoms with Crippen molar-refractivity contribution in [3.63, 3.8) is 0 Å². The Labute approximate surface area is 166 Å². The largest absolute Gasteiger partial charge is 0.373 e. The topological polar surface area (TPSA) is 48.9 Å². The Morgan fingerprint density at radius 3 is 3.08 bits per heavy atom. The van der Waals surface area contributed by atoms with E-state index >= 15 is 0 Å². The molecule has 0 spiro atoms. The molecule has 1 aromatic rings. The van der Waals surface area contributed by atoms with Crippen LogP contribution in [0.2, 0.25) is 0 Å². The molecule has 1 aromatic heterocycles. The molecule has 5 nitrogen and oxygen atoms in total. The number of nitrogens with one attached hydrogen (secondary N) is 2. The minimum Gasteiger partial charge on any atom is -0.373 e. The van der Waals surface area contributed by atoms with Gasteiger partial charge in [0.2, 0.25) is 0 Å². The summed E-state index contributed by atoms with van der Waals surface area (Å²) in [5.41, 5.74) is 1.47. The minimum atomic E-state index is -0.0418. The molecule has 136 valence electrons. The van der Waals surface area contributed by atoms with Gasteiger partial charge in [-0.15, -0.1) is 35.3 Å². The van der Waals surface area contributed by atoms with E-state index in [0.717, 1.165) is 58.1 Å². The van der Waals surface area contributed by atoms with Crippen molar-refractivity contribution in [2.45, 2.75) is 38.3 Å². The summed E-state index contributed by atoms with van der Waals surface area (Å²) < 4.78 is 5.81. The Hall–Kier alpha value is -0.380. The van der Waals surface area contributed by atoms with E-state index in [-0.39, 0.29) is 29.6 Å². The van der Waals surface area contributed by atoms with Gasteiger partial charge in [-0.05, 0) is 43.2 Å². The van der Waals surface area contributed by atoms with Gasteiger partial charge in [0.1, 0.15) is 0 Å². The third kappa shape index (κ3) is 5.31. The summed E-state index contributed by atoms with van der Waals surface area (Å²) in [6, 6.07) is 2.27. The highest BCUT2D eigenvalue weighted by molar-refractivity contribution is 14.0. The molecule has 1 fully saturated rings. The second kappa shape index (κ2) is 9.35. The average molecular weight is 464 g/mol. The first-order valence-electron chi connectivity index (χ1n) is 8.55. The van der Waals surface area contributed by atoms with Gasteiger partial charge in [0.15, 0.2) is 5.96 Å². The summed E-state index contributed by atoms with van der Waals surface area (Å²) in [4.78, 5) is 8.39. The summed E-state index contributed by atoms with van der Waals surface area (Å²) in [6.07, 6.45) is 3.47. The van der Waals surface area contributed by atoms with E-state index in [0.29, 0.717) is 0 Å². The van der Waals surface area contributed by atoms with Crippen LogP contribution < -0.4 is 10.6 Å². The lowest BCUT2D eigenvalue weighted by Gasteiger charge is -2.28. The number of fused-ring (bicyclic) bond motifs is 1. The van der Waals surface area contributed by atoms with Gasteiger partial charge in [0.25, 0.3) is 0 Å². The lowest BCUT2D eigenvalue weighted by atomic mass is 10.0. The Morgan fingerprint density at radius 2 is 2.33 bits per heavy atom. The first kappa shape index (κ1) is 19.9. The SMILES string of the molecule is CN=C(NCCN1CCc2sccc2C1)NCC1(C)CCCO1.I. The van der Waals surface area contributed by atoms with Gasteiger partial charge >= 0.3 is 0 Å². The molecule has 0 aliphatic carbocycles. The molecule has 1 unspecified atom stereocenters. The van der Waals surface area contributed by atoms with Gasteiger partial charge < -0.3 is 15.4 Å². The maximum Gasteiger partial charge on any atom is 0.191 e. The summed E-state index contributed by atoms with van der Waals surface area (Å²) in [5.74, 6) is 0.870. The highest BCUT2D eigenvalue weighted by atomic mass is 127. The van der Waals surface area contributed by atoms with E-state index < -0.39 is 0 Å². The van der Waals surface area contributed by atoms with Crippen LogP contribution in [0.1, 0.15) is 30.2 Å². The second-order valence-electron chi connectivity index (χ2n) is 6.65. The number of nitrogens with zero attached hydrogens (tertiary/aromatic N) is 2. The number of rotatable bonds is 5. The van der Waals surface area contributed by atoms with E-state index in [1.807, 2.05) is 18.4 Å². The highest BCUT2D eigenvalue weighted by Crippen LogP contribution is 2.24. The predicted molar refractivity (Wildman–Crippen MR) is 112 cm³/mol. The normalized spacial score (nSPS) is 24.3. The van der Waals surface area contributed by atoms with Gasteiger partial charge in [-0.3, -0.25) is 9.89 Å². The fraction of sp³-hybridized carbons (Fsp3) is 0.706. The van der Waals surface area contributed by atoms with Crippen LogP contribution in [0, 0.1) is 0 Å². The Bertz CT molecular complexity index is 542. The first-order chi connectivity index (χ1) is 11.2. The molecule has 1 saturated heterocycles. The van der Waals surface area contributed by atoms with E-state index in [9.17, 15) is 0 Å². The molecule has 3 rings (SSSR count). The minimum absolute atomic E-state index is 0. The lowest BCUT2D eigenvalue weighted by molar-refractivity contribution is 0.0243. The summed E-state index contributed by atoms with van der Waals surface area (Å²) in [6.45, 7) is 8.07. The molecule has 2 aliphatic heterocycles. The molecule has 24 heavy (non-hydrogen) atoms. The number of guanidine groups is 1. The number of thiophene rings is 1. The molecule has 0 aromatic carbocycles. The van der Waals surface area contributed by atoms with E-state index in [2.05, 4.69) is 38.9 Å². The molecule has 0 bridgehead atoms. The van der Waals surface area contributed by atoms with Gasteiger partial charge in [0.05, 0.1) is 5.60 Å². The van der Waals surface area contributed by atoms with Crippen LogP contribution in [-0.2, 0) is 17.7 Å². The van der Waals surface area contributed by atoms with Gasteiger partial charge in [-0.2, -0.15) is 0 Å². The Balaban J connectivity index is 0.00000208. The number of aliphatic imine (C=N–C) groups is 1. The average Bonchev–Trinajstić information content (AvgIpc) is 3.19. The van der Waals surface area contributed by atoms with Crippen molar-refractivity contribution in [1.29, 1.82) is 0 Å². The standard InChI is InChI=1S/C17H28N4OS.HI/c1-17(6-3-10-22-17)13-20-16(18-2)19-7-9-21-8-4-15-14(12-21)5-11-23-15;/h5,11H,3-4,6-10,12-13H2,1-2H3,(H2,18,19,20);1H. The zero-order valence-electron chi connectivity index (χ0n) is 14.6. The van der Waals surface area contributed by atoms with Crippen molar-refractivity contribution >= 4 is 41.3 Å². The molecule has 2 aliphatic rings. The summed E-state index contributed by atoms with van der Waals surface area (Å²) in [5, 5.41) is 9.03. The van der Waals surface area contributed by atoms with Crippen molar-refractivity contribution in [3.8, 4) is 0 Å². The quantitative estimate of drug-likeness (QED) is 0.400. The van der Waals surface area contributed by atoms with Crippen molar-refractivity contribution < 1.29 is 4.74 Å². The maximum atomic E-state index is 5.81. The zero-order chi connectivity index (χ0) is 16.1. The zero-order valence-corrected chi connectivity index (χ0v) is 17.8. The molecule has 1 atom stereocenters. The van der Waals surface area contributed by atoms with Crippen LogP contribution in [0.4, 0.5) is 0 Å². The second-order valence-corrected chi connectivity index (χ2v) is 7.65. The van der Waals surface area contributed by atoms with Crippen LogP contribution in [-0.4, -0.2) is 56.3 Å². The third-order valence-electron chi connectivity index (χ3n) is 4.76. The maximum absolute atomic E-state index is 5.81. The molecule has 2 N–H and O–H groups in total. The van der Waals surface area contributed by atoms with Crippen molar-refractivity contribution in [2.75, 3.05) is 39.8 Å². The molecule has 3 heterocycles. The van der Waals surface area contributed by atoms with E-state index in [1.54, 1.807) is 4.88 Å². The van der Waals surface area contributed by atoms with Gasteiger partial charge in [-0.1, -0.05) is 0 Å². The number of hydrogen-bond acceptors (Lipinski definition) is 4. The fourth-order valence-electron chi connectivity index (χ4n) is 3.30. The van der Waals surface area contributed by atoms with Crippen molar-refractivity contribution in [1.82, 2.24) is 15.5 Å². The van der Waals surface area contributed by atoms with Crippen LogP contribution >= 0.6 is 35.3 Å².